The third kappa shape index (κ3) is 3.91. The van der Waals surface area contributed by atoms with Gasteiger partial charge in [0.05, 0.1) is 38.9 Å². The smallest absolute Gasteiger partial charge is 0.254 e. The predicted molar refractivity (Wildman–Crippen MR) is 113 cm³/mol. The Hall–Kier alpha value is -3.26. The zero-order valence-corrected chi connectivity index (χ0v) is 17.5. The summed E-state index contributed by atoms with van der Waals surface area (Å²) in [5, 5.41) is 0. The maximum absolute atomic E-state index is 13.1. The van der Waals surface area contributed by atoms with Gasteiger partial charge in [-0.25, -0.2) is 4.98 Å². The quantitative estimate of drug-likeness (QED) is 0.673. The number of methoxy groups -OCH3 is 3. The van der Waals surface area contributed by atoms with Crippen molar-refractivity contribution >= 4 is 16.9 Å². The minimum Gasteiger partial charge on any atom is -0.493 e. The Morgan fingerprint density at radius 3 is 2.27 bits per heavy atom. The number of rotatable bonds is 6. The highest BCUT2D eigenvalue weighted by Crippen LogP contribution is 2.38. The van der Waals surface area contributed by atoms with Gasteiger partial charge in [-0.1, -0.05) is 12.1 Å². The van der Waals surface area contributed by atoms with Crippen molar-refractivity contribution in [3.63, 3.8) is 0 Å². The summed E-state index contributed by atoms with van der Waals surface area (Å²) in [5.41, 5.74) is 2.54. The first-order valence-corrected chi connectivity index (χ1v) is 9.88. The van der Waals surface area contributed by atoms with E-state index in [0.717, 1.165) is 36.5 Å². The number of benzene rings is 2. The van der Waals surface area contributed by atoms with Gasteiger partial charge in [0, 0.05) is 31.7 Å². The van der Waals surface area contributed by atoms with Gasteiger partial charge in [-0.2, -0.15) is 0 Å². The number of aromatic amines is 1. The normalized spacial score (nSPS) is 14.7. The standard InChI is InChI=1S/C22H26N4O4/c1-28-18-12-15(13-19(29-2)21(18)30-3)22(27)26-10-8-25(9-11-26)14-20-23-16-6-4-5-7-17(16)24-20/h4-7,12-13H,8-11,14H2,1-3H3,(H,23,24). The topological polar surface area (TPSA) is 79.9 Å². The van der Waals surface area contributed by atoms with E-state index in [2.05, 4.69) is 14.9 Å². The van der Waals surface area contributed by atoms with E-state index < -0.39 is 0 Å². The van der Waals surface area contributed by atoms with Gasteiger partial charge in [0.2, 0.25) is 5.75 Å². The minimum absolute atomic E-state index is 0.0439. The summed E-state index contributed by atoms with van der Waals surface area (Å²) >= 11 is 0. The summed E-state index contributed by atoms with van der Waals surface area (Å²) in [5.74, 6) is 2.33. The molecular formula is C22H26N4O4. The Morgan fingerprint density at radius 2 is 1.67 bits per heavy atom. The van der Waals surface area contributed by atoms with Crippen LogP contribution in [0.1, 0.15) is 16.2 Å². The van der Waals surface area contributed by atoms with Gasteiger partial charge < -0.3 is 24.1 Å². The number of carbonyl (C=O) groups is 1. The molecule has 30 heavy (non-hydrogen) atoms. The second-order valence-corrected chi connectivity index (χ2v) is 7.18. The lowest BCUT2D eigenvalue weighted by Gasteiger charge is -2.34. The van der Waals surface area contributed by atoms with Crippen molar-refractivity contribution in [2.45, 2.75) is 6.54 Å². The average molecular weight is 410 g/mol. The zero-order chi connectivity index (χ0) is 21.1. The van der Waals surface area contributed by atoms with Gasteiger partial charge in [-0.05, 0) is 24.3 Å². The molecule has 1 amide bonds. The monoisotopic (exact) mass is 410 g/mol. The summed E-state index contributed by atoms with van der Waals surface area (Å²) < 4.78 is 16.1. The summed E-state index contributed by atoms with van der Waals surface area (Å²) in [6.45, 7) is 3.60. The van der Waals surface area contributed by atoms with Gasteiger partial charge in [-0.15, -0.1) is 0 Å². The largest absolute Gasteiger partial charge is 0.493 e. The van der Waals surface area contributed by atoms with Gasteiger partial charge in [-0.3, -0.25) is 9.69 Å². The molecule has 0 unspecified atom stereocenters. The van der Waals surface area contributed by atoms with Crippen LogP contribution in [0, 0.1) is 0 Å². The fraction of sp³-hybridized carbons (Fsp3) is 0.364. The predicted octanol–water partition coefficient (Wildman–Crippen LogP) is 2.55. The van der Waals surface area contributed by atoms with Crippen molar-refractivity contribution in [3.8, 4) is 17.2 Å². The number of H-pyrrole nitrogens is 1. The van der Waals surface area contributed by atoms with E-state index >= 15 is 0 Å². The van der Waals surface area contributed by atoms with Crippen LogP contribution in [0.3, 0.4) is 0 Å². The molecule has 8 nitrogen and oxygen atoms in total. The van der Waals surface area contributed by atoms with E-state index in [4.69, 9.17) is 14.2 Å². The van der Waals surface area contributed by atoms with Gasteiger partial charge in [0.1, 0.15) is 5.82 Å². The number of para-hydroxylation sites is 2. The molecule has 4 rings (SSSR count). The highest BCUT2D eigenvalue weighted by Gasteiger charge is 2.25. The maximum Gasteiger partial charge on any atom is 0.254 e. The van der Waals surface area contributed by atoms with Crippen LogP contribution in [0.25, 0.3) is 11.0 Å². The SMILES string of the molecule is COc1cc(C(=O)N2CCN(Cc3nc4ccccc4[nH]3)CC2)cc(OC)c1OC. The fourth-order valence-electron chi connectivity index (χ4n) is 3.79. The van der Waals surface area contributed by atoms with Gasteiger partial charge >= 0.3 is 0 Å². The molecule has 2 heterocycles. The highest BCUT2D eigenvalue weighted by molar-refractivity contribution is 5.95. The number of hydrogen-bond donors (Lipinski definition) is 1. The lowest BCUT2D eigenvalue weighted by Crippen LogP contribution is -2.48. The van der Waals surface area contributed by atoms with Crippen LogP contribution in [0.5, 0.6) is 17.2 Å². The second-order valence-electron chi connectivity index (χ2n) is 7.18. The van der Waals surface area contributed by atoms with E-state index in [1.165, 1.54) is 0 Å². The third-order valence-electron chi connectivity index (χ3n) is 5.38. The molecule has 1 N–H and O–H groups in total. The van der Waals surface area contributed by atoms with Crippen molar-refractivity contribution in [2.24, 2.45) is 0 Å². The summed E-state index contributed by atoms with van der Waals surface area (Å²) in [4.78, 5) is 25.2. The van der Waals surface area contributed by atoms with Crippen LogP contribution in [0.4, 0.5) is 0 Å². The molecule has 3 aromatic rings. The van der Waals surface area contributed by atoms with Gasteiger partial charge in [0.15, 0.2) is 11.5 Å². The number of ether oxygens (including phenoxy) is 3. The first-order valence-electron chi connectivity index (χ1n) is 9.88. The molecule has 0 radical (unpaired) electrons. The van der Waals surface area contributed by atoms with Gasteiger partial charge in [0.25, 0.3) is 5.91 Å². The van der Waals surface area contributed by atoms with E-state index in [1.807, 2.05) is 29.2 Å². The maximum atomic E-state index is 13.1. The van der Waals surface area contributed by atoms with Crippen LogP contribution in [0.2, 0.25) is 0 Å². The molecule has 1 saturated heterocycles. The van der Waals surface area contributed by atoms with E-state index in [9.17, 15) is 4.79 Å². The zero-order valence-electron chi connectivity index (χ0n) is 17.5. The lowest BCUT2D eigenvalue weighted by molar-refractivity contribution is 0.0625. The molecule has 1 aromatic heterocycles. The Bertz CT molecular complexity index is 983. The number of carbonyl (C=O) groups excluding carboxylic acids is 1. The molecular weight excluding hydrogens is 384 g/mol. The Labute approximate surface area is 175 Å². The Kier molecular flexibility index (Phi) is 5.76. The molecule has 8 heteroatoms. The summed E-state index contributed by atoms with van der Waals surface area (Å²) in [7, 11) is 4.63. The van der Waals surface area contributed by atoms with Crippen LogP contribution < -0.4 is 14.2 Å². The minimum atomic E-state index is -0.0439. The van der Waals surface area contributed by atoms with Crippen LogP contribution in [-0.4, -0.2) is 73.2 Å². The van der Waals surface area contributed by atoms with Crippen molar-refractivity contribution in [3.05, 3.63) is 47.8 Å². The Morgan fingerprint density at radius 1 is 1.00 bits per heavy atom. The second kappa shape index (κ2) is 8.62. The lowest BCUT2D eigenvalue weighted by atomic mass is 10.1. The number of fused-ring (bicyclic) bond motifs is 1. The number of piperazine rings is 1. The number of nitrogens with zero attached hydrogens (tertiary/aromatic N) is 3. The third-order valence-corrected chi connectivity index (χ3v) is 5.38. The molecule has 1 fully saturated rings. The molecule has 0 aliphatic carbocycles. The molecule has 0 spiro atoms. The van der Waals surface area contributed by atoms with E-state index in [1.54, 1.807) is 33.5 Å². The molecule has 158 valence electrons. The molecule has 0 bridgehead atoms. The molecule has 1 aliphatic heterocycles. The highest BCUT2D eigenvalue weighted by atomic mass is 16.5. The van der Waals surface area contributed by atoms with Crippen molar-refractivity contribution in [2.75, 3.05) is 47.5 Å². The molecule has 1 aliphatic rings. The first kappa shape index (κ1) is 20.0. The van der Waals surface area contributed by atoms with Crippen LogP contribution in [-0.2, 0) is 6.54 Å². The number of amides is 1. The number of hydrogen-bond acceptors (Lipinski definition) is 6. The fourth-order valence-corrected chi connectivity index (χ4v) is 3.79. The van der Waals surface area contributed by atoms with E-state index in [-0.39, 0.29) is 5.91 Å². The average Bonchev–Trinajstić information content (AvgIpc) is 3.20. The number of nitrogens with one attached hydrogen (secondary N) is 1. The van der Waals surface area contributed by atoms with Crippen molar-refractivity contribution in [1.82, 2.24) is 19.8 Å². The molecule has 0 atom stereocenters. The van der Waals surface area contributed by atoms with Crippen molar-refractivity contribution < 1.29 is 19.0 Å². The van der Waals surface area contributed by atoms with Crippen molar-refractivity contribution in [1.29, 1.82) is 0 Å². The molecule has 2 aromatic carbocycles. The summed E-state index contributed by atoms with van der Waals surface area (Å²) in [6.07, 6.45) is 0. The first-order chi connectivity index (χ1) is 14.6. The van der Waals surface area contributed by atoms with E-state index in [0.29, 0.717) is 35.9 Å². The Balaban J connectivity index is 1.41. The summed E-state index contributed by atoms with van der Waals surface area (Å²) in [6, 6.07) is 11.4. The number of imidazole rings is 1. The van der Waals surface area contributed by atoms with Crippen LogP contribution >= 0.6 is 0 Å². The number of aromatic nitrogens is 2. The molecule has 0 saturated carbocycles. The van der Waals surface area contributed by atoms with Crippen LogP contribution in [0.15, 0.2) is 36.4 Å².